The van der Waals surface area contributed by atoms with Crippen molar-refractivity contribution in [3.05, 3.63) is 73.5 Å². The van der Waals surface area contributed by atoms with Crippen molar-refractivity contribution in [2.75, 3.05) is 5.73 Å². The molecule has 3 aromatic rings. The molecule has 0 spiro atoms. The summed E-state index contributed by atoms with van der Waals surface area (Å²) in [7, 11) is 0. The lowest BCUT2D eigenvalue weighted by Crippen LogP contribution is -2.14. The van der Waals surface area contributed by atoms with Gasteiger partial charge in [-0.05, 0) is 35.9 Å². The van der Waals surface area contributed by atoms with Crippen molar-refractivity contribution in [2.45, 2.75) is 6.42 Å². The van der Waals surface area contributed by atoms with Crippen LogP contribution in [0, 0.1) is 0 Å². The van der Waals surface area contributed by atoms with Gasteiger partial charge in [0.15, 0.2) is 11.5 Å². The van der Waals surface area contributed by atoms with Gasteiger partial charge < -0.3 is 11.5 Å². The average Bonchev–Trinajstić information content (AvgIpc) is 3.08. The SMILES string of the molecule is NC(=O)c1n[nH]nc1Cc1cc(Cl)c(C(=O)c2ccc(Cl)cc2)c(Cl)c1N. The number of aromatic nitrogens is 3. The first-order valence-corrected chi connectivity index (χ1v) is 8.69. The molecule has 2 aromatic carbocycles. The van der Waals surface area contributed by atoms with E-state index in [1.54, 1.807) is 24.3 Å². The molecule has 0 aliphatic carbocycles. The summed E-state index contributed by atoms with van der Waals surface area (Å²) in [6.45, 7) is 0. The first kappa shape index (κ1) is 19.2. The number of hydrogen-bond acceptors (Lipinski definition) is 5. The summed E-state index contributed by atoms with van der Waals surface area (Å²) in [5, 5.41) is 10.5. The molecule has 138 valence electrons. The third-order valence-electron chi connectivity index (χ3n) is 3.89. The number of anilines is 1. The van der Waals surface area contributed by atoms with Crippen LogP contribution >= 0.6 is 34.8 Å². The van der Waals surface area contributed by atoms with Gasteiger partial charge >= 0.3 is 0 Å². The number of nitrogens with zero attached hydrogens (tertiary/aromatic N) is 2. The molecule has 1 heterocycles. The molecular weight excluding hydrogens is 413 g/mol. The molecule has 27 heavy (non-hydrogen) atoms. The maximum absolute atomic E-state index is 12.8. The van der Waals surface area contributed by atoms with Crippen LogP contribution in [0.25, 0.3) is 0 Å². The largest absolute Gasteiger partial charge is 0.397 e. The Morgan fingerprint density at radius 3 is 2.37 bits per heavy atom. The fourth-order valence-electron chi connectivity index (χ4n) is 2.54. The highest BCUT2D eigenvalue weighted by molar-refractivity contribution is 6.42. The van der Waals surface area contributed by atoms with E-state index < -0.39 is 5.91 Å². The zero-order valence-corrected chi connectivity index (χ0v) is 15.9. The second-order valence-corrected chi connectivity index (χ2v) is 6.84. The summed E-state index contributed by atoms with van der Waals surface area (Å²) < 4.78 is 0. The van der Waals surface area contributed by atoms with Crippen molar-refractivity contribution in [3.8, 4) is 0 Å². The highest BCUT2D eigenvalue weighted by Crippen LogP contribution is 2.36. The standard InChI is InChI=1S/C17H12Cl3N5O2/c18-9-3-1-7(2-4-9)16(26)12-10(19)5-8(14(21)13(12)20)6-11-15(17(22)27)24-25-23-11/h1-5H,6,21H2,(H2,22,27)(H,23,24,25). The van der Waals surface area contributed by atoms with E-state index >= 15 is 0 Å². The summed E-state index contributed by atoms with van der Waals surface area (Å²) in [6, 6.07) is 7.81. The first-order chi connectivity index (χ1) is 12.8. The molecule has 0 atom stereocenters. The van der Waals surface area contributed by atoms with E-state index in [0.29, 0.717) is 16.1 Å². The molecule has 0 saturated heterocycles. The molecule has 0 bridgehead atoms. The Labute approximate surface area is 168 Å². The second kappa shape index (κ2) is 7.56. The Balaban J connectivity index is 2.01. The minimum Gasteiger partial charge on any atom is -0.397 e. The lowest BCUT2D eigenvalue weighted by atomic mass is 9.98. The van der Waals surface area contributed by atoms with Crippen LogP contribution in [0.3, 0.4) is 0 Å². The van der Waals surface area contributed by atoms with Gasteiger partial charge in [-0.3, -0.25) is 9.59 Å². The van der Waals surface area contributed by atoms with E-state index in [-0.39, 0.29) is 44.9 Å². The van der Waals surface area contributed by atoms with E-state index in [0.717, 1.165) is 0 Å². The van der Waals surface area contributed by atoms with Gasteiger partial charge in [-0.25, -0.2) is 0 Å². The normalized spacial score (nSPS) is 10.8. The smallest absolute Gasteiger partial charge is 0.271 e. The zero-order chi connectivity index (χ0) is 19.7. The van der Waals surface area contributed by atoms with Crippen LogP contribution in [0.4, 0.5) is 5.69 Å². The molecule has 5 N–H and O–H groups in total. The number of halogens is 3. The average molecular weight is 425 g/mol. The third kappa shape index (κ3) is 3.75. The summed E-state index contributed by atoms with van der Waals surface area (Å²) in [4.78, 5) is 24.1. The molecule has 10 heteroatoms. The molecule has 0 aliphatic rings. The Morgan fingerprint density at radius 1 is 1.07 bits per heavy atom. The number of primary amides is 1. The van der Waals surface area contributed by atoms with Crippen molar-refractivity contribution in [1.29, 1.82) is 0 Å². The molecule has 0 saturated carbocycles. The highest BCUT2D eigenvalue weighted by atomic mass is 35.5. The van der Waals surface area contributed by atoms with Gasteiger partial charge in [-0.1, -0.05) is 34.8 Å². The van der Waals surface area contributed by atoms with Crippen LogP contribution < -0.4 is 11.5 Å². The number of nitrogens with one attached hydrogen (secondary N) is 1. The van der Waals surface area contributed by atoms with Crippen LogP contribution in [0.1, 0.15) is 37.7 Å². The maximum atomic E-state index is 12.8. The van der Waals surface area contributed by atoms with Gasteiger partial charge in [0.2, 0.25) is 0 Å². The number of amides is 1. The Kier molecular flexibility index (Phi) is 5.36. The number of benzene rings is 2. The van der Waals surface area contributed by atoms with Crippen LogP contribution in [0.5, 0.6) is 0 Å². The number of carbonyl (C=O) groups is 2. The van der Waals surface area contributed by atoms with E-state index in [9.17, 15) is 9.59 Å². The maximum Gasteiger partial charge on any atom is 0.271 e. The Morgan fingerprint density at radius 2 is 1.74 bits per heavy atom. The van der Waals surface area contributed by atoms with Crippen molar-refractivity contribution >= 4 is 52.2 Å². The lowest BCUT2D eigenvalue weighted by molar-refractivity contribution is 0.0993. The van der Waals surface area contributed by atoms with Crippen LogP contribution in [0.15, 0.2) is 30.3 Å². The molecule has 0 aliphatic heterocycles. The van der Waals surface area contributed by atoms with Crippen molar-refractivity contribution in [2.24, 2.45) is 5.73 Å². The molecule has 1 aromatic heterocycles. The number of hydrogen-bond donors (Lipinski definition) is 3. The molecular formula is C17H12Cl3N5O2. The van der Waals surface area contributed by atoms with Crippen molar-refractivity contribution < 1.29 is 9.59 Å². The number of nitrogens with two attached hydrogens (primary N) is 2. The third-order valence-corrected chi connectivity index (χ3v) is 4.83. The minimum absolute atomic E-state index is 0.0111. The zero-order valence-electron chi connectivity index (χ0n) is 13.6. The Bertz CT molecular complexity index is 1050. The van der Waals surface area contributed by atoms with Gasteiger partial charge in [0, 0.05) is 17.0 Å². The summed E-state index contributed by atoms with van der Waals surface area (Å²) >= 11 is 18.5. The second-order valence-electron chi connectivity index (χ2n) is 5.62. The topological polar surface area (TPSA) is 128 Å². The number of rotatable bonds is 5. The fourth-order valence-corrected chi connectivity index (χ4v) is 3.33. The van der Waals surface area contributed by atoms with E-state index in [4.69, 9.17) is 46.3 Å². The number of H-pyrrole nitrogens is 1. The monoisotopic (exact) mass is 423 g/mol. The molecule has 0 radical (unpaired) electrons. The van der Waals surface area contributed by atoms with E-state index in [1.807, 2.05) is 0 Å². The van der Waals surface area contributed by atoms with E-state index in [2.05, 4.69) is 15.4 Å². The van der Waals surface area contributed by atoms with Gasteiger partial charge in [0.25, 0.3) is 5.91 Å². The fraction of sp³-hybridized carbons (Fsp3) is 0.0588. The minimum atomic E-state index is -0.732. The number of nitrogen functional groups attached to an aromatic ring is 1. The number of ketones is 1. The van der Waals surface area contributed by atoms with Crippen LogP contribution in [-0.2, 0) is 6.42 Å². The highest BCUT2D eigenvalue weighted by Gasteiger charge is 2.23. The number of carbonyl (C=O) groups excluding carboxylic acids is 2. The summed E-state index contributed by atoms with van der Waals surface area (Å²) in [6.07, 6.45) is 0.107. The first-order valence-electron chi connectivity index (χ1n) is 7.55. The molecule has 7 nitrogen and oxygen atoms in total. The van der Waals surface area contributed by atoms with Crippen molar-refractivity contribution in [3.63, 3.8) is 0 Å². The number of aromatic amines is 1. The summed E-state index contributed by atoms with van der Waals surface area (Å²) in [5.74, 6) is -1.12. The lowest BCUT2D eigenvalue weighted by Gasteiger charge is -2.13. The molecule has 3 rings (SSSR count). The molecule has 0 fully saturated rings. The van der Waals surface area contributed by atoms with Crippen LogP contribution in [-0.4, -0.2) is 27.1 Å². The van der Waals surface area contributed by atoms with Crippen molar-refractivity contribution in [1.82, 2.24) is 15.4 Å². The quantitative estimate of drug-likeness (QED) is 0.428. The van der Waals surface area contributed by atoms with Gasteiger partial charge in [-0.2, -0.15) is 15.4 Å². The Hall–Kier alpha value is -2.61. The van der Waals surface area contributed by atoms with Crippen LogP contribution in [0.2, 0.25) is 15.1 Å². The van der Waals surface area contributed by atoms with Gasteiger partial charge in [0.05, 0.1) is 27.0 Å². The predicted molar refractivity (Wildman–Crippen MR) is 103 cm³/mol. The van der Waals surface area contributed by atoms with Gasteiger partial charge in [-0.15, -0.1) is 0 Å². The van der Waals surface area contributed by atoms with Gasteiger partial charge in [0.1, 0.15) is 0 Å². The molecule has 0 unspecified atom stereocenters. The predicted octanol–water partition coefficient (Wildman–Crippen LogP) is 3.27. The van der Waals surface area contributed by atoms with E-state index in [1.165, 1.54) is 6.07 Å². The summed E-state index contributed by atoms with van der Waals surface area (Å²) in [5.41, 5.74) is 12.7. The molecule has 1 amide bonds.